The molecule has 0 aliphatic carbocycles. The SMILES string of the molecule is CC1(C)C(CO)OC1(c1ccccc1)c1ccccc1. The Labute approximate surface area is 120 Å². The molecular formula is C18H20O2. The van der Waals surface area contributed by atoms with Gasteiger partial charge in [-0.3, -0.25) is 0 Å². The fraction of sp³-hybridized carbons (Fsp3) is 0.333. The molecule has 104 valence electrons. The molecule has 1 N–H and O–H groups in total. The third kappa shape index (κ3) is 1.65. The van der Waals surface area contributed by atoms with Crippen LogP contribution in [0, 0.1) is 5.41 Å². The minimum Gasteiger partial charge on any atom is -0.394 e. The number of rotatable bonds is 3. The molecule has 1 fully saturated rings. The molecular weight excluding hydrogens is 248 g/mol. The minimum absolute atomic E-state index is 0.0500. The van der Waals surface area contributed by atoms with Crippen LogP contribution in [0.1, 0.15) is 25.0 Å². The predicted octanol–water partition coefficient (Wildman–Crippen LogP) is 3.35. The van der Waals surface area contributed by atoms with Gasteiger partial charge in [0.15, 0.2) is 0 Å². The second-order valence-electron chi connectivity index (χ2n) is 5.92. The summed E-state index contributed by atoms with van der Waals surface area (Å²) in [6, 6.07) is 20.6. The van der Waals surface area contributed by atoms with Crippen LogP contribution in [0.3, 0.4) is 0 Å². The molecule has 2 aromatic rings. The maximum absolute atomic E-state index is 9.52. The van der Waals surface area contributed by atoms with Crippen molar-refractivity contribution in [3.05, 3.63) is 71.8 Å². The van der Waals surface area contributed by atoms with E-state index in [9.17, 15) is 5.11 Å². The van der Waals surface area contributed by atoms with E-state index in [-0.39, 0.29) is 18.1 Å². The van der Waals surface area contributed by atoms with Gasteiger partial charge in [0, 0.05) is 5.41 Å². The summed E-state index contributed by atoms with van der Waals surface area (Å²) < 4.78 is 6.21. The summed E-state index contributed by atoms with van der Waals surface area (Å²) in [6.07, 6.45) is -0.136. The van der Waals surface area contributed by atoms with Gasteiger partial charge in [0.1, 0.15) is 5.60 Å². The van der Waals surface area contributed by atoms with Gasteiger partial charge in [0.05, 0.1) is 12.7 Å². The molecule has 2 heteroatoms. The monoisotopic (exact) mass is 268 g/mol. The van der Waals surface area contributed by atoms with E-state index in [0.717, 1.165) is 11.1 Å². The number of benzene rings is 2. The van der Waals surface area contributed by atoms with Crippen LogP contribution in [0.4, 0.5) is 0 Å². The molecule has 1 heterocycles. The van der Waals surface area contributed by atoms with Crippen LogP contribution < -0.4 is 0 Å². The van der Waals surface area contributed by atoms with Crippen molar-refractivity contribution >= 4 is 0 Å². The van der Waals surface area contributed by atoms with Gasteiger partial charge < -0.3 is 9.84 Å². The summed E-state index contributed by atoms with van der Waals surface area (Å²) in [6.45, 7) is 4.38. The lowest BCUT2D eigenvalue weighted by molar-refractivity contribution is -0.303. The Morgan fingerprint density at radius 3 is 1.70 bits per heavy atom. The molecule has 1 aliphatic rings. The van der Waals surface area contributed by atoms with Crippen LogP contribution in [-0.2, 0) is 10.3 Å². The predicted molar refractivity (Wildman–Crippen MR) is 79.4 cm³/mol. The highest BCUT2D eigenvalue weighted by Gasteiger charge is 2.63. The lowest BCUT2D eigenvalue weighted by Crippen LogP contribution is -2.65. The third-order valence-electron chi connectivity index (χ3n) is 4.56. The van der Waals surface area contributed by atoms with E-state index in [1.54, 1.807) is 0 Å². The van der Waals surface area contributed by atoms with Crippen LogP contribution in [-0.4, -0.2) is 17.8 Å². The van der Waals surface area contributed by atoms with E-state index in [2.05, 4.69) is 38.1 Å². The standard InChI is InChI=1S/C18H20O2/c1-17(2)16(13-19)20-18(17,14-9-5-3-6-10-14)15-11-7-4-8-12-15/h3-12,16,19H,13H2,1-2H3. The summed E-state index contributed by atoms with van der Waals surface area (Å²) in [7, 11) is 0. The van der Waals surface area contributed by atoms with Gasteiger partial charge >= 0.3 is 0 Å². The zero-order valence-electron chi connectivity index (χ0n) is 11.9. The van der Waals surface area contributed by atoms with Gasteiger partial charge in [-0.25, -0.2) is 0 Å². The molecule has 0 amide bonds. The summed E-state index contributed by atoms with van der Waals surface area (Å²) in [5.74, 6) is 0. The number of hydrogen-bond donors (Lipinski definition) is 1. The van der Waals surface area contributed by atoms with Gasteiger partial charge in [-0.1, -0.05) is 74.5 Å². The highest BCUT2D eigenvalue weighted by Crippen LogP contribution is 2.59. The van der Waals surface area contributed by atoms with Gasteiger partial charge in [0.2, 0.25) is 0 Å². The fourth-order valence-electron chi connectivity index (χ4n) is 3.34. The fourth-order valence-corrected chi connectivity index (χ4v) is 3.34. The molecule has 0 bridgehead atoms. The largest absolute Gasteiger partial charge is 0.394 e. The molecule has 20 heavy (non-hydrogen) atoms. The van der Waals surface area contributed by atoms with Gasteiger partial charge in [-0.05, 0) is 11.1 Å². The second kappa shape index (κ2) is 4.72. The third-order valence-corrected chi connectivity index (χ3v) is 4.56. The zero-order chi connectivity index (χ0) is 14.2. The molecule has 0 aromatic heterocycles. The first-order valence-corrected chi connectivity index (χ1v) is 7.02. The molecule has 3 rings (SSSR count). The highest BCUT2D eigenvalue weighted by molar-refractivity contribution is 5.42. The lowest BCUT2D eigenvalue weighted by atomic mass is 9.59. The van der Waals surface area contributed by atoms with Gasteiger partial charge in [-0.15, -0.1) is 0 Å². The van der Waals surface area contributed by atoms with Crippen LogP contribution in [0.15, 0.2) is 60.7 Å². The minimum atomic E-state index is -0.483. The van der Waals surface area contributed by atoms with E-state index in [4.69, 9.17) is 4.74 Å². The normalized spacial score (nSPS) is 23.1. The van der Waals surface area contributed by atoms with Crippen LogP contribution in [0.5, 0.6) is 0 Å². The Bertz CT molecular complexity index is 535. The number of ether oxygens (including phenoxy) is 1. The van der Waals surface area contributed by atoms with Crippen LogP contribution in [0.25, 0.3) is 0 Å². The molecule has 0 radical (unpaired) electrons. The quantitative estimate of drug-likeness (QED) is 0.925. The average molecular weight is 268 g/mol. The van der Waals surface area contributed by atoms with Crippen LogP contribution in [0.2, 0.25) is 0 Å². The molecule has 0 saturated carbocycles. The van der Waals surface area contributed by atoms with Crippen molar-refractivity contribution in [3.63, 3.8) is 0 Å². The Morgan fingerprint density at radius 2 is 1.35 bits per heavy atom. The van der Waals surface area contributed by atoms with Crippen molar-refractivity contribution in [1.82, 2.24) is 0 Å². The molecule has 1 atom stereocenters. The number of aliphatic hydroxyl groups is 1. The Kier molecular flexibility index (Phi) is 3.15. The lowest BCUT2D eigenvalue weighted by Gasteiger charge is -2.61. The summed E-state index contributed by atoms with van der Waals surface area (Å²) in [5, 5.41) is 9.52. The first-order valence-electron chi connectivity index (χ1n) is 7.02. The van der Waals surface area contributed by atoms with Crippen molar-refractivity contribution in [2.45, 2.75) is 25.6 Å². The molecule has 2 aromatic carbocycles. The average Bonchev–Trinajstić information content (AvgIpc) is 2.49. The summed E-state index contributed by atoms with van der Waals surface area (Å²) in [5.41, 5.74) is 1.63. The molecule has 2 nitrogen and oxygen atoms in total. The molecule has 1 saturated heterocycles. The Balaban J connectivity index is 2.16. The smallest absolute Gasteiger partial charge is 0.126 e. The van der Waals surface area contributed by atoms with E-state index in [1.807, 2.05) is 36.4 Å². The zero-order valence-corrected chi connectivity index (χ0v) is 11.9. The first-order chi connectivity index (χ1) is 9.63. The summed E-state index contributed by atoms with van der Waals surface area (Å²) in [4.78, 5) is 0. The first kappa shape index (κ1) is 13.3. The van der Waals surface area contributed by atoms with Crippen molar-refractivity contribution < 1.29 is 9.84 Å². The highest BCUT2D eigenvalue weighted by atomic mass is 16.6. The maximum atomic E-state index is 9.52. The summed E-state index contributed by atoms with van der Waals surface area (Å²) >= 11 is 0. The molecule has 0 spiro atoms. The van der Waals surface area contributed by atoms with Gasteiger partial charge in [0.25, 0.3) is 0 Å². The molecule has 1 unspecified atom stereocenters. The van der Waals surface area contributed by atoms with Crippen molar-refractivity contribution in [1.29, 1.82) is 0 Å². The van der Waals surface area contributed by atoms with E-state index in [0.29, 0.717) is 0 Å². The topological polar surface area (TPSA) is 29.5 Å². The number of aliphatic hydroxyl groups excluding tert-OH is 1. The van der Waals surface area contributed by atoms with Crippen molar-refractivity contribution in [3.8, 4) is 0 Å². The molecule has 1 aliphatic heterocycles. The second-order valence-corrected chi connectivity index (χ2v) is 5.92. The van der Waals surface area contributed by atoms with Crippen molar-refractivity contribution in [2.24, 2.45) is 5.41 Å². The maximum Gasteiger partial charge on any atom is 0.126 e. The van der Waals surface area contributed by atoms with Crippen LogP contribution >= 0.6 is 0 Å². The van der Waals surface area contributed by atoms with E-state index >= 15 is 0 Å². The van der Waals surface area contributed by atoms with E-state index in [1.165, 1.54) is 0 Å². The van der Waals surface area contributed by atoms with Crippen molar-refractivity contribution in [2.75, 3.05) is 6.61 Å². The Morgan fingerprint density at radius 1 is 0.900 bits per heavy atom. The van der Waals surface area contributed by atoms with Gasteiger partial charge in [-0.2, -0.15) is 0 Å². The van der Waals surface area contributed by atoms with E-state index < -0.39 is 5.60 Å². The number of hydrogen-bond acceptors (Lipinski definition) is 2. The Hall–Kier alpha value is -1.64.